The predicted octanol–water partition coefficient (Wildman–Crippen LogP) is 1.59. The summed E-state index contributed by atoms with van der Waals surface area (Å²) >= 11 is 0. The maximum Gasteiger partial charge on any atom is 0.240 e. The van der Waals surface area contributed by atoms with E-state index in [-0.39, 0.29) is 16.9 Å². The summed E-state index contributed by atoms with van der Waals surface area (Å²) in [6.45, 7) is 6.63. The minimum atomic E-state index is -3.53. The molecule has 1 aromatic rings. The zero-order valence-corrected chi connectivity index (χ0v) is 13.0. The lowest BCUT2D eigenvalue weighted by molar-refractivity contribution is 0.107. The number of sulfonamides is 1. The van der Waals surface area contributed by atoms with Gasteiger partial charge < -0.3 is 10.5 Å². The fourth-order valence-corrected chi connectivity index (χ4v) is 3.92. The molecule has 1 saturated heterocycles. The molecular formula is C14H22N2O3S. The molecule has 1 aliphatic rings. The molecule has 6 heteroatoms. The van der Waals surface area contributed by atoms with Crippen molar-refractivity contribution >= 4 is 15.7 Å². The van der Waals surface area contributed by atoms with Gasteiger partial charge in [0, 0.05) is 24.8 Å². The highest BCUT2D eigenvalue weighted by Gasteiger charge is 2.27. The Morgan fingerprint density at radius 1 is 1.40 bits per heavy atom. The van der Waals surface area contributed by atoms with Gasteiger partial charge in [-0.15, -0.1) is 0 Å². The van der Waals surface area contributed by atoms with Crippen LogP contribution in [0.5, 0.6) is 0 Å². The summed E-state index contributed by atoms with van der Waals surface area (Å²) in [6.07, 6.45) is 0.986. The van der Waals surface area contributed by atoms with Crippen LogP contribution in [0, 0.1) is 19.8 Å². The van der Waals surface area contributed by atoms with Crippen LogP contribution in [0.25, 0.3) is 0 Å². The van der Waals surface area contributed by atoms with Gasteiger partial charge in [0.2, 0.25) is 10.0 Å². The molecule has 0 aromatic heterocycles. The number of aryl methyl sites for hydroxylation is 1. The molecule has 2 unspecified atom stereocenters. The molecule has 1 heterocycles. The highest BCUT2D eigenvalue weighted by atomic mass is 32.2. The third-order valence-corrected chi connectivity index (χ3v) is 5.45. The van der Waals surface area contributed by atoms with E-state index in [9.17, 15) is 8.42 Å². The zero-order valence-electron chi connectivity index (χ0n) is 12.1. The highest BCUT2D eigenvalue weighted by molar-refractivity contribution is 7.89. The van der Waals surface area contributed by atoms with Gasteiger partial charge in [-0.1, -0.05) is 0 Å². The molecule has 0 aliphatic carbocycles. The second-order valence-electron chi connectivity index (χ2n) is 5.45. The molecule has 1 aromatic carbocycles. The van der Waals surface area contributed by atoms with Crippen LogP contribution in [0.3, 0.4) is 0 Å². The monoisotopic (exact) mass is 298 g/mol. The van der Waals surface area contributed by atoms with Crippen LogP contribution >= 0.6 is 0 Å². The van der Waals surface area contributed by atoms with Crippen molar-refractivity contribution in [2.75, 3.05) is 18.9 Å². The smallest absolute Gasteiger partial charge is 0.240 e. The maximum atomic E-state index is 12.4. The Morgan fingerprint density at radius 3 is 2.70 bits per heavy atom. The topological polar surface area (TPSA) is 81.4 Å². The first-order chi connectivity index (χ1) is 9.31. The average Bonchev–Trinajstić information content (AvgIpc) is 2.77. The van der Waals surface area contributed by atoms with Gasteiger partial charge in [0.15, 0.2) is 0 Å². The molecule has 0 amide bonds. The van der Waals surface area contributed by atoms with Crippen LogP contribution in [0.4, 0.5) is 5.69 Å². The second-order valence-corrected chi connectivity index (χ2v) is 7.19. The molecule has 2 atom stereocenters. The van der Waals surface area contributed by atoms with Crippen molar-refractivity contribution < 1.29 is 13.2 Å². The molecule has 0 bridgehead atoms. The van der Waals surface area contributed by atoms with E-state index >= 15 is 0 Å². The number of ether oxygens (including phenoxy) is 1. The van der Waals surface area contributed by atoms with E-state index in [0.29, 0.717) is 24.4 Å². The molecule has 3 N–H and O–H groups in total. The lowest BCUT2D eigenvalue weighted by Gasteiger charge is -2.16. The number of rotatable bonds is 4. The lowest BCUT2D eigenvalue weighted by Crippen LogP contribution is -2.32. The fraction of sp³-hybridized carbons (Fsp3) is 0.571. The SMILES string of the molecule is Cc1cc(N)c(C)c(S(=O)(=O)NCC2CCOC2C)c1. The molecule has 112 valence electrons. The van der Waals surface area contributed by atoms with Crippen molar-refractivity contribution in [3.63, 3.8) is 0 Å². The van der Waals surface area contributed by atoms with Crippen LogP contribution in [-0.4, -0.2) is 27.7 Å². The van der Waals surface area contributed by atoms with Gasteiger partial charge in [0.1, 0.15) is 0 Å². The van der Waals surface area contributed by atoms with Gasteiger partial charge in [-0.3, -0.25) is 0 Å². The Bertz CT molecular complexity index is 599. The summed E-state index contributed by atoms with van der Waals surface area (Å²) in [4.78, 5) is 0.265. The van der Waals surface area contributed by atoms with Crippen molar-refractivity contribution in [1.29, 1.82) is 0 Å². The van der Waals surface area contributed by atoms with Crippen LogP contribution in [0.1, 0.15) is 24.5 Å². The lowest BCUT2D eigenvalue weighted by atomic mass is 10.0. The molecular weight excluding hydrogens is 276 g/mol. The largest absolute Gasteiger partial charge is 0.398 e. The quantitative estimate of drug-likeness (QED) is 0.827. The van der Waals surface area contributed by atoms with Gasteiger partial charge >= 0.3 is 0 Å². The van der Waals surface area contributed by atoms with E-state index in [0.717, 1.165) is 12.0 Å². The number of benzene rings is 1. The Hall–Kier alpha value is -1.11. The van der Waals surface area contributed by atoms with Crippen molar-refractivity contribution in [2.45, 2.75) is 38.2 Å². The van der Waals surface area contributed by atoms with E-state index in [4.69, 9.17) is 10.5 Å². The minimum absolute atomic E-state index is 0.0985. The first-order valence-electron chi connectivity index (χ1n) is 6.79. The second kappa shape index (κ2) is 5.71. The molecule has 1 aliphatic heterocycles. The van der Waals surface area contributed by atoms with Crippen LogP contribution in [0.2, 0.25) is 0 Å². The minimum Gasteiger partial charge on any atom is -0.398 e. The molecule has 20 heavy (non-hydrogen) atoms. The highest BCUT2D eigenvalue weighted by Crippen LogP contribution is 2.24. The third-order valence-electron chi connectivity index (χ3n) is 3.90. The number of anilines is 1. The van der Waals surface area contributed by atoms with E-state index in [1.807, 2.05) is 13.8 Å². The van der Waals surface area contributed by atoms with Crippen LogP contribution < -0.4 is 10.5 Å². The molecule has 2 rings (SSSR count). The number of nitrogen functional groups attached to an aromatic ring is 1. The Labute approximate surface area is 120 Å². The Kier molecular flexibility index (Phi) is 4.36. The summed E-state index contributed by atoms with van der Waals surface area (Å²) < 4.78 is 32.9. The summed E-state index contributed by atoms with van der Waals surface area (Å²) in [5.41, 5.74) is 7.78. The van der Waals surface area contributed by atoms with Crippen molar-refractivity contribution in [2.24, 2.45) is 5.92 Å². The summed E-state index contributed by atoms with van der Waals surface area (Å²) in [5.74, 6) is 0.229. The normalized spacial score (nSPS) is 23.1. The van der Waals surface area contributed by atoms with Gasteiger partial charge in [-0.05, 0) is 50.5 Å². The molecule has 1 fully saturated rings. The van der Waals surface area contributed by atoms with Crippen molar-refractivity contribution in [3.8, 4) is 0 Å². The van der Waals surface area contributed by atoms with Gasteiger partial charge in [0.05, 0.1) is 11.0 Å². The average molecular weight is 298 g/mol. The van der Waals surface area contributed by atoms with Gasteiger partial charge in [0.25, 0.3) is 0 Å². The van der Waals surface area contributed by atoms with Crippen LogP contribution in [-0.2, 0) is 14.8 Å². The molecule has 0 saturated carbocycles. The first-order valence-corrected chi connectivity index (χ1v) is 8.27. The number of nitrogens with two attached hydrogens (primary N) is 1. The fourth-order valence-electron chi connectivity index (χ4n) is 2.47. The van der Waals surface area contributed by atoms with Gasteiger partial charge in [-0.2, -0.15) is 0 Å². The van der Waals surface area contributed by atoms with E-state index < -0.39 is 10.0 Å². The maximum absolute atomic E-state index is 12.4. The zero-order chi connectivity index (χ0) is 14.9. The first kappa shape index (κ1) is 15.3. The van der Waals surface area contributed by atoms with Gasteiger partial charge in [-0.25, -0.2) is 13.1 Å². The molecule has 5 nitrogen and oxygen atoms in total. The third kappa shape index (κ3) is 3.13. The van der Waals surface area contributed by atoms with E-state index in [2.05, 4.69) is 4.72 Å². The summed E-state index contributed by atoms with van der Waals surface area (Å²) in [6, 6.07) is 3.43. The summed E-state index contributed by atoms with van der Waals surface area (Å²) in [5, 5.41) is 0. The van der Waals surface area contributed by atoms with E-state index in [1.54, 1.807) is 19.1 Å². The van der Waals surface area contributed by atoms with E-state index in [1.165, 1.54) is 0 Å². The molecule has 0 radical (unpaired) electrons. The standard InChI is InChI=1S/C14H22N2O3S/c1-9-6-13(15)10(2)14(7-9)20(17,18)16-8-12-4-5-19-11(12)3/h6-7,11-12,16H,4-5,8,15H2,1-3H3. The number of hydrogen-bond donors (Lipinski definition) is 2. The van der Waals surface area contributed by atoms with Crippen LogP contribution in [0.15, 0.2) is 17.0 Å². The number of nitrogens with one attached hydrogen (secondary N) is 1. The molecule has 0 spiro atoms. The summed E-state index contributed by atoms with van der Waals surface area (Å²) in [7, 11) is -3.53. The van der Waals surface area contributed by atoms with Crippen molar-refractivity contribution in [1.82, 2.24) is 4.72 Å². The van der Waals surface area contributed by atoms with Crippen molar-refractivity contribution in [3.05, 3.63) is 23.3 Å². The number of hydrogen-bond acceptors (Lipinski definition) is 4. The predicted molar refractivity (Wildman–Crippen MR) is 79.0 cm³/mol. The Morgan fingerprint density at radius 2 is 2.10 bits per heavy atom. The Balaban J connectivity index is 2.18.